The third-order valence-electron chi connectivity index (χ3n) is 8.56. The molecule has 4 aromatic carbocycles. The summed E-state index contributed by atoms with van der Waals surface area (Å²) in [7, 11) is 5.03. The topological polar surface area (TPSA) is 119 Å². The fraction of sp³-hybridized carbons (Fsp3) is 0.200. The average Bonchev–Trinajstić information content (AvgIpc) is 3.15. The minimum Gasteiger partial charge on any atom is -0.493 e. The van der Waals surface area contributed by atoms with E-state index >= 15 is 0 Å². The largest absolute Gasteiger partial charge is 0.493 e. The number of pyridine rings is 1. The van der Waals surface area contributed by atoms with E-state index in [1.165, 1.54) is 31.9 Å². The normalized spacial score (nSPS) is 13.6. The smallest absolute Gasteiger partial charge is 0.265 e. The zero-order valence-corrected chi connectivity index (χ0v) is 28.1. The predicted molar refractivity (Wildman–Crippen MR) is 192 cm³/mol. The molecule has 5 aromatic rings. The first-order valence-corrected chi connectivity index (χ1v) is 16.2. The number of hydrogen-bond acceptors (Lipinski definition) is 8. The van der Waals surface area contributed by atoms with Gasteiger partial charge in [-0.1, -0.05) is 48.5 Å². The summed E-state index contributed by atoms with van der Waals surface area (Å²) in [5.41, 5.74) is 6.03. The highest BCUT2D eigenvalue weighted by atomic mass is 16.5. The van der Waals surface area contributed by atoms with Crippen molar-refractivity contribution in [1.29, 1.82) is 0 Å². The van der Waals surface area contributed by atoms with Crippen molar-refractivity contribution in [3.05, 3.63) is 132 Å². The third-order valence-corrected chi connectivity index (χ3v) is 8.56. The summed E-state index contributed by atoms with van der Waals surface area (Å²) in [5.74, 6) is -0.240. The van der Waals surface area contributed by atoms with Crippen molar-refractivity contribution < 1.29 is 28.6 Å². The number of rotatable bonds is 12. The van der Waals surface area contributed by atoms with Crippen LogP contribution in [0.15, 0.2) is 109 Å². The fourth-order valence-electron chi connectivity index (χ4n) is 5.81. The molecule has 1 aliphatic heterocycles. The molecule has 2 amide bonds. The van der Waals surface area contributed by atoms with Crippen molar-refractivity contribution in [3.63, 3.8) is 0 Å². The first kappa shape index (κ1) is 33.9. The van der Waals surface area contributed by atoms with Crippen LogP contribution < -0.4 is 24.8 Å². The van der Waals surface area contributed by atoms with E-state index in [1.54, 1.807) is 36.7 Å². The van der Waals surface area contributed by atoms with Crippen LogP contribution in [0.1, 0.15) is 38.3 Å². The fourth-order valence-corrected chi connectivity index (χ4v) is 5.81. The highest BCUT2D eigenvalue weighted by Crippen LogP contribution is 2.35. The van der Waals surface area contributed by atoms with Gasteiger partial charge < -0.3 is 29.7 Å². The number of Topliss-reactive ketones (excluding diaryl/α,β-unsaturated/α-hetero) is 1. The van der Waals surface area contributed by atoms with Gasteiger partial charge in [-0.2, -0.15) is 0 Å². The van der Waals surface area contributed by atoms with Gasteiger partial charge in [0.1, 0.15) is 5.75 Å². The molecular formula is C40H38N4O6. The van der Waals surface area contributed by atoms with Gasteiger partial charge in [0.05, 0.1) is 37.5 Å². The summed E-state index contributed by atoms with van der Waals surface area (Å²) in [5, 5.41) is 5.68. The molecule has 2 heterocycles. The maximum absolute atomic E-state index is 13.6. The quantitative estimate of drug-likeness (QED) is 0.151. The van der Waals surface area contributed by atoms with Gasteiger partial charge in [0.2, 0.25) is 0 Å². The third kappa shape index (κ3) is 7.99. The van der Waals surface area contributed by atoms with Crippen molar-refractivity contribution in [2.75, 3.05) is 38.4 Å². The number of hydrogen-bond donors (Lipinski definition) is 2. The number of amides is 2. The van der Waals surface area contributed by atoms with Crippen LogP contribution >= 0.6 is 0 Å². The Kier molecular flexibility index (Phi) is 10.5. The maximum Gasteiger partial charge on any atom is 0.265 e. The molecular weight excluding hydrogens is 632 g/mol. The molecule has 0 spiro atoms. The molecule has 0 radical (unpaired) electrons. The van der Waals surface area contributed by atoms with Crippen molar-refractivity contribution in [3.8, 4) is 28.4 Å². The minimum absolute atomic E-state index is 0.125. The Hall–Kier alpha value is -6.00. The Labute approximate surface area is 291 Å². The van der Waals surface area contributed by atoms with Gasteiger partial charge in [-0.25, -0.2) is 0 Å². The zero-order valence-electron chi connectivity index (χ0n) is 28.1. The van der Waals surface area contributed by atoms with Crippen LogP contribution in [0, 0.1) is 0 Å². The van der Waals surface area contributed by atoms with Crippen LogP contribution in [0.4, 0.5) is 11.4 Å². The molecule has 1 aromatic heterocycles. The lowest BCUT2D eigenvalue weighted by atomic mass is 10.00. The number of carbonyl (C=O) groups excluding carboxylic acids is 3. The number of anilines is 2. The lowest BCUT2D eigenvalue weighted by Gasteiger charge is -2.25. The number of methoxy groups -OCH3 is 2. The summed E-state index contributed by atoms with van der Waals surface area (Å²) in [4.78, 5) is 46.0. The predicted octanol–water partition coefficient (Wildman–Crippen LogP) is 6.67. The molecule has 2 N–H and O–H groups in total. The number of ketones is 1. The highest BCUT2D eigenvalue weighted by molar-refractivity contribution is 6.12. The van der Waals surface area contributed by atoms with Gasteiger partial charge in [-0.15, -0.1) is 0 Å². The monoisotopic (exact) mass is 670 g/mol. The van der Waals surface area contributed by atoms with Gasteiger partial charge >= 0.3 is 0 Å². The molecule has 0 fully saturated rings. The van der Waals surface area contributed by atoms with Crippen molar-refractivity contribution in [2.45, 2.75) is 25.5 Å². The first-order chi connectivity index (χ1) is 24.3. The minimum atomic E-state index is -1.06. The summed E-state index contributed by atoms with van der Waals surface area (Å²) >= 11 is 0. The average molecular weight is 671 g/mol. The number of para-hydroxylation sites is 1. The van der Waals surface area contributed by atoms with Gasteiger partial charge in [0, 0.05) is 37.2 Å². The molecule has 10 heteroatoms. The maximum atomic E-state index is 13.6. The SMILES string of the molecule is COc1cc(NC(=O)C2CC(=O)c3ccccc3O2)c(C(=O)Nc2ccc(CCN(C)Cc3ccc(-c4ccncc4)cc3)cc2)cc1OC. The molecule has 1 unspecified atom stereocenters. The Bertz CT molecular complexity index is 1980. The van der Waals surface area contributed by atoms with Crippen LogP contribution in [-0.2, 0) is 17.8 Å². The Morgan fingerprint density at radius 3 is 2.22 bits per heavy atom. The molecule has 10 nitrogen and oxygen atoms in total. The van der Waals surface area contributed by atoms with Crippen molar-refractivity contribution in [1.82, 2.24) is 9.88 Å². The summed E-state index contributed by atoms with van der Waals surface area (Å²) in [6, 6.07) is 30.1. The van der Waals surface area contributed by atoms with Gasteiger partial charge in [-0.05, 0) is 78.2 Å². The second-order valence-corrected chi connectivity index (χ2v) is 12.0. The van der Waals surface area contributed by atoms with E-state index < -0.39 is 17.9 Å². The summed E-state index contributed by atoms with van der Waals surface area (Å²) in [6.07, 6.45) is 3.24. The Morgan fingerprint density at radius 2 is 1.50 bits per heavy atom. The molecule has 6 rings (SSSR count). The lowest BCUT2D eigenvalue weighted by Crippen LogP contribution is -2.38. The summed E-state index contributed by atoms with van der Waals surface area (Å²) in [6.45, 7) is 1.68. The number of fused-ring (bicyclic) bond motifs is 1. The number of nitrogens with zero attached hydrogens (tertiary/aromatic N) is 2. The first-order valence-electron chi connectivity index (χ1n) is 16.2. The second kappa shape index (κ2) is 15.5. The molecule has 1 atom stereocenters. The second-order valence-electron chi connectivity index (χ2n) is 12.0. The van der Waals surface area contributed by atoms with E-state index in [-0.39, 0.29) is 23.5 Å². The summed E-state index contributed by atoms with van der Waals surface area (Å²) < 4.78 is 16.7. The molecule has 50 heavy (non-hydrogen) atoms. The van der Waals surface area contributed by atoms with Crippen LogP contribution in [0.25, 0.3) is 11.1 Å². The van der Waals surface area contributed by atoms with Crippen LogP contribution in [0.3, 0.4) is 0 Å². The van der Waals surface area contributed by atoms with E-state index in [4.69, 9.17) is 14.2 Å². The van der Waals surface area contributed by atoms with Crippen LogP contribution in [0.2, 0.25) is 0 Å². The van der Waals surface area contributed by atoms with Gasteiger partial charge in [-0.3, -0.25) is 19.4 Å². The van der Waals surface area contributed by atoms with Crippen molar-refractivity contribution >= 4 is 29.0 Å². The van der Waals surface area contributed by atoms with E-state index in [2.05, 4.69) is 51.8 Å². The number of benzene rings is 4. The number of ether oxygens (including phenoxy) is 3. The van der Waals surface area contributed by atoms with E-state index in [0.717, 1.165) is 36.2 Å². The van der Waals surface area contributed by atoms with Crippen molar-refractivity contribution in [2.24, 2.45) is 0 Å². The number of carbonyl (C=O) groups is 3. The Balaban J connectivity index is 1.08. The lowest BCUT2D eigenvalue weighted by molar-refractivity contribution is -0.122. The molecule has 1 aliphatic rings. The van der Waals surface area contributed by atoms with E-state index in [0.29, 0.717) is 28.5 Å². The molecule has 0 saturated carbocycles. The number of likely N-dealkylation sites (N-methyl/N-ethyl adjacent to an activating group) is 1. The van der Waals surface area contributed by atoms with Gasteiger partial charge in [0.25, 0.3) is 11.8 Å². The molecule has 0 saturated heterocycles. The zero-order chi connectivity index (χ0) is 35.0. The van der Waals surface area contributed by atoms with E-state index in [9.17, 15) is 14.4 Å². The standard InChI is InChI=1S/C40H38N4O6/c1-44(25-27-8-12-28(13-9-27)29-16-19-41-20-17-29)21-18-26-10-14-30(15-11-26)42-39(46)32-22-36(48-2)37(49-3)23-33(32)43-40(47)38-24-34(45)31-6-4-5-7-35(31)50-38/h4-17,19-20,22-23,38H,18,21,24-25H2,1-3H3,(H,42,46)(H,43,47). The number of nitrogens with one attached hydrogen (secondary N) is 2. The van der Waals surface area contributed by atoms with Crippen LogP contribution in [-0.4, -0.2) is 61.4 Å². The Morgan fingerprint density at radius 1 is 0.840 bits per heavy atom. The number of aromatic nitrogens is 1. The molecule has 0 aliphatic carbocycles. The van der Waals surface area contributed by atoms with Gasteiger partial charge in [0.15, 0.2) is 23.4 Å². The van der Waals surface area contributed by atoms with Crippen LogP contribution in [0.5, 0.6) is 17.2 Å². The molecule has 0 bridgehead atoms. The van der Waals surface area contributed by atoms with E-state index in [1.807, 2.05) is 36.4 Å². The molecule has 254 valence electrons. The highest BCUT2D eigenvalue weighted by Gasteiger charge is 2.32.